The van der Waals surface area contributed by atoms with Crippen LogP contribution < -0.4 is 5.32 Å². The maximum Gasteiger partial charge on any atom is 0.248 e. The van der Waals surface area contributed by atoms with Crippen LogP contribution in [0.3, 0.4) is 0 Å². The topological polar surface area (TPSA) is 72.9 Å². The van der Waals surface area contributed by atoms with Crippen LogP contribution in [0, 0.1) is 0 Å². The van der Waals surface area contributed by atoms with Gasteiger partial charge in [-0.3, -0.25) is 9.59 Å². The first-order chi connectivity index (χ1) is 10.1. The zero-order valence-electron chi connectivity index (χ0n) is 12.7. The lowest BCUT2D eigenvalue weighted by molar-refractivity contribution is -0.134. The van der Waals surface area contributed by atoms with E-state index in [-0.39, 0.29) is 18.4 Å². The van der Waals surface area contributed by atoms with Crippen molar-refractivity contribution in [2.75, 3.05) is 26.7 Å². The minimum atomic E-state index is -0.686. The van der Waals surface area contributed by atoms with Gasteiger partial charge in [0.25, 0.3) is 0 Å². The van der Waals surface area contributed by atoms with E-state index in [1.165, 1.54) is 12.8 Å². The Morgan fingerprint density at radius 2 is 1.95 bits per heavy atom. The summed E-state index contributed by atoms with van der Waals surface area (Å²) >= 11 is 0. The fraction of sp³-hybridized carbons (Fsp3) is 0.733. The zero-order valence-corrected chi connectivity index (χ0v) is 12.7. The molecule has 2 amide bonds. The van der Waals surface area contributed by atoms with Gasteiger partial charge in [-0.25, -0.2) is 0 Å². The molecule has 1 atom stereocenters. The van der Waals surface area contributed by atoms with Crippen molar-refractivity contribution in [2.45, 2.75) is 44.8 Å². The highest BCUT2D eigenvalue weighted by Gasteiger charge is 2.26. The van der Waals surface area contributed by atoms with E-state index in [0.29, 0.717) is 18.4 Å². The molecule has 118 valence electrons. The number of carbonyl (C=O) groups is 2. The molecule has 0 saturated carbocycles. The van der Waals surface area contributed by atoms with Crippen molar-refractivity contribution in [2.24, 2.45) is 0 Å². The van der Waals surface area contributed by atoms with Gasteiger partial charge in [-0.2, -0.15) is 0 Å². The molecule has 2 aliphatic rings. The Balaban J connectivity index is 1.98. The van der Waals surface area contributed by atoms with Crippen molar-refractivity contribution in [1.82, 2.24) is 15.1 Å². The number of amides is 2. The largest absolute Gasteiger partial charge is 0.374 e. The van der Waals surface area contributed by atoms with Crippen LogP contribution in [0.15, 0.2) is 11.8 Å². The van der Waals surface area contributed by atoms with Gasteiger partial charge in [-0.15, -0.1) is 0 Å². The maximum atomic E-state index is 12.4. The molecule has 1 unspecified atom stereocenters. The SMILES string of the molecule is CNC(=O)C1=CN(CC(=O)N2CCCCCC2)C(O)CC1. The Hall–Kier alpha value is -1.56. The van der Waals surface area contributed by atoms with Crippen molar-refractivity contribution < 1.29 is 14.7 Å². The van der Waals surface area contributed by atoms with Crippen molar-refractivity contribution in [1.29, 1.82) is 0 Å². The fourth-order valence-corrected chi connectivity index (χ4v) is 2.86. The van der Waals surface area contributed by atoms with E-state index in [2.05, 4.69) is 5.32 Å². The Morgan fingerprint density at radius 3 is 2.57 bits per heavy atom. The standard InChI is InChI=1S/C15H25N3O3/c1-16-15(21)12-6-7-13(19)18(10-12)11-14(20)17-8-4-2-3-5-9-17/h10,13,19H,2-9,11H2,1H3,(H,16,21). The molecular formula is C15H25N3O3. The van der Waals surface area contributed by atoms with E-state index in [1.54, 1.807) is 18.1 Å². The Labute approximate surface area is 125 Å². The number of hydrogen-bond donors (Lipinski definition) is 2. The lowest BCUT2D eigenvalue weighted by Gasteiger charge is -2.32. The summed E-state index contributed by atoms with van der Waals surface area (Å²) < 4.78 is 0. The van der Waals surface area contributed by atoms with E-state index < -0.39 is 6.23 Å². The summed E-state index contributed by atoms with van der Waals surface area (Å²) in [6.07, 6.45) is 6.41. The highest BCUT2D eigenvalue weighted by molar-refractivity contribution is 5.93. The maximum absolute atomic E-state index is 12.4. The lowest BCUT2D eigenvalue weighted by atomic mass is 10.1. The molecule has 0 aromatic heterocycles. The second-order valence-corrected chi connectivity index (χ2v) is 5.72. The first-order valence-electron chi connectivity index (χ1n) is 7.76. The average Bonchev–Trinajstić information content (AvgIpc) is 2.77. The van der Waals surface area contributed by atoms with Crippen molar-refractivity contribution in [3.05, 3.63) is 11.8 Å². The zero-order chi connectivity index (χ0) is 15.2. The summed E-state index contributed by atoms with van der Waals surface area (Å²) in [4.78, 5) is 27.5. The Kier molecular flexibility index (Phi) is 5.61. The van der Waals surface area contributed by atoms with E-state index in [1.807, 2.05) is 4.90 Å². The van der Waals surface area contributed by atoms with Gasteiger partial charge in [0.1, 0.15) is 6.23 Å². The number of hydrogen-bond acceptors (Lipinski definition) is 4. The van der Waals surface area contributed by atoms with E-state index >= 15 is 0 Å². The second-order valence-electron chi connectivity index (χ2n) is 5.72. The highest BCUT2D eigenvalue weighted by atomic mass is 16.3. The highest BCUT2D eigenvalue weighted by Crippen LogP contribution is 2.20. The molecule has 1 saturated heterocycles. The van der Waals surface area contributed by atoms with Gasteiger partial charge in [0.05, 0.1) is 6.54 Å². The van der Waals surface area contributed by atoms with Gasteiger partial charge in [-0.1, -0.05) is 12.8 Å². The number of likely N-dealkylation sites (N-methyl/N-ethyl adjacent to an activating group) is 1. The third kappa shape index (κ3) is 4.20. The van der Waals surface area contributed by atoms with E-state index in [0.717, 1.165) is 25.9 Å². The first kappa shape index (κ1) is 15.8. The van der Waals surface area contributed by atoms with Gasteiger partial charge in [-0.05, 0) is 25.7 Å². The molecule has 6 nitrogen and oxygen atoms in total. The Morgan fingerprint density at radius 1 is 1.29 bits per heavy atom. The molecule has 1 fully saturated rings. The van der Waals surface area contributed by atoms with Gasteiger partial charge in [0.2, 0.25) is 11.8 Å². The summed E-state index contributed by atoms with van der Waals surface area (Å²) in [7, 11) is 1.58. The molecule has 0 aromatic carbocycles. The predicted molar refractivity (Wildman–Crippen MR) is 79.1 cm³/mol. The normalized spacial score (nSPS) is 23.3. The number of carbonyl (C=O) groups excluding carboxylic acids is 2. The van der Waals surface area contributed by atoms with Gasteiger partial charge in [0, 0.05) is 31.9 Å². The molecule has 0 aromatic rings. The summed E-state index contributed by atoms with van der Waals surface area (Å²) in [5.74, 6) is -0.112. The first-order valence-corrected chi connectivity index (χ1v) is 7.76. The van der Waals surface area contributed by atoms with Crippen molar-refractivity contribution in [3.63, 3.8) is 0 Å². The molecule has 0 radical (unpaired) electrons. The number of nitrogens with zero attached hydrogens (tertiary/aromatic N) is 2. The molecule has 0 spiro atoms. The smallest absolute Gasteiger partial charge is 0.248 e. The molecule has 6 heteroatoms. The molecule has 0 aliphatic carbocycles. The molecule has 2 rings (SSSR count). The van der Waals surface area contributed by atoms with E-state index in [4.69, 9.17) is 0 Å². The van der Waals surface area contributed by atoms with Crippen LogP contribution in [0.2, 0.25) is 0 Å². The average molecular weight is 295 g/mol. The third-order valence-corrected chi connectivity index (χ3v) is 4.17. The van der Waals surface area contributed by atoms with Crippen LogP contribution >= 0.6 is 0 Å². The monoisotopic (exact) mass is 295 g/mol. The molecular weight excluding hydrogens is 270 g/mol. The summed E-state index contributed by atoms with van der Waals surface area (Å²) in [6, 6.07) is 0. The van der Waals surface area contributed by atoms with Crippen LogP contribution in [-0.2, 0) is 9.59 Å². The predicted octanol–water partition coefficient (Wildman–Crippen LogP) is 0.433. The lowest BCUT2D eigenvalue weighted by Crippen LogP contribution is -2.44. The second kappa shape index (κ2) is 7.45. The van der Waals surface area contributed by atoms with Gasteiger partial charge >= 0.3 is 0 Å². The van der Waals surface area contributed by atoms with E-state index in [9.17, 15) is 14.7 Å². The third-order valence-electron chi connectivity index (χ3n) is 4.17. The van der Waals surface area contributed by atoms with Crippen LogP contribution in [-0.4, -0.2) is 59.6 Å². The molecule has 2 N–H and O–H groups in total. The van der Waals surface area contributed by atoms with Crippen LogP contribution in [0.5, 0.6) is 0 Å². The number of likely N-dealkylation sites (tertiary alicyclic amines) is 1. The van der Waals surface area contributed by atoms with Gasteiger partial charge in [0.15, 0.2) is 0 Å². The summed E-state index contributed by atoms with van der Waals surface area (Å²) in [5.41, 5.74) is 0.617. The van der Waals surface area contributed by atoms with Crippen LogP contribution in [0.4, 0.5) is 0 Å². The summed E-state index contributed by atoms with van der Waals surface area (Å²) in [6.45, 7) is 1.74. The molecule has 21 heavy (non-hydrogen) atoms. The van der Waals surface area contributed by atoms with Gasteiger partial charge < -0.3 is 20.2 Å². The number of aliphatic hydroxyl groups excluding tert-OH is 1. The number of aliphatic hydroxyl groups is 1. The summed E-state index contributed by atoms with van der Waals surface area (Å²) in [5, 5.41) is 12.6. The minimum absolute atomic E-state index is 0.0327. The molecule has 2 heterocycles. The number of rotatable bonds is 3. The van der Waals surface area contributed by atoms with Crippen LogP contribution in [0.1, 0.15) is 38.5 Å². The fourth-order valence-electron chi connectivity index (χ4n) is 2.86. The quantitative estimate of drug-likeness (QED) is 0.792. The van der Waals surface area contributed by atoms with Crippen molar-refractivity contribution >= 4 is 11.8 Å². The molecule has 2 aliphatic heterocycles. The van der Waals surface area contributed by atoms with Crippen molar-refractivity contribution in [3.8, 4) is 0 Å². The molecule has 0 bridgehead atoms. The Bertz CT molecular complexity index is 414. The van der Waals surface area contributed by atoms with Crippen LogP contribution in [0.25, 0.3) is 0 Å². The number of nitrogens with one attached hydrogen (secondary N) is 1. The minimum Gasteiger partial charge on any atom is -0.374 e.